The molecule has 0 unspecified atom stereocenters. The maximum atomic E-state index is 12.2. The Balaban J connectivity index is 2.86. The van der Waals surface area contributed by atoms with Gasteiger partial charge in [0.25, 0.3) is 11.6 Å². The van der Waals surface area contributed by atoms with E-state index in [9.17, 15) is 14.9 Å². The molecule has 1 rings (SSSR count). The average Bonchev–Trinajstić information content (AvgIpc) is 2.37. The Kier molecular flexibility index (Phi) is 6.15. The minimum Gasteiger partial charge on any atom is -0.352 e. The second-order valence-corrected chi connectivity index (χ2v) is 6.14. The first kappa shape index (κ1) is 17.4. The molecule has 1 amide bonds. The van der Waals surface area contributed by atoms with Crippen LogP contribution in [0.3, 0.4) is 0 Å². The standard InChI is InChI=1S/C15H21ClN2O3/c1-9(2)12(10(3)4)8-17-15(19)11-6-5-7-13(14(11)16)18(20)21/h5-7,9-10,12H,8H2,1-4H3,(H,17,19). The van der Waals surface area contributed by atoms with Crippen molar-refractivity contribution in [2.24, 2.45) is 17.8 Å². The number of halogens is 1. The summed E-state index contributed by atoms with van der Waals surface area (Å²) in [6, 6.07) is 4.23. The first-order valence-corrected chi connectivity index (χ1v) is 7.34. The summed E-state index contributed by atoms with van der Waals surface area (Å²) in [5.41, 5.74) is -0.120. The Morgan fingerprint density at radius 2 is 1.86 bits per heavy atom. The highest BCUT2D eigenvalue weighted by molar-refractivity contribution is 6.35. The monoisotopic (exact) mass is 312 g/mol. The van der Waals surface area contributed by atoms with Gasteiger partial charge in [-0.1, -0.05) is 45.4 Å². The molecule has 6 heteroatoms. The van der Waals surface area contributed by atoms with Crippen LogP contribution in [0, 0.1) is 27.9 Å². The van der Waals surface area contributed by atoms with Gasteiger partial charge < -0.3 is 5.32 Å². The van der Waals surface area contributed by atoms with Crippen LogP contribution in [0.5, 0.6) is 0 Å². The largest absolute Gasteiger partial charge is 0.352 e. The van der Waals surface area contributed by atoms with Crippen molar-refractivity contribution in [2.75, 3.05) is 6.54 Å². The first-order chi connectivity index (χ1) is 9.75. The van der Waals surface area contributed by atoms with Crippen molar-refractivity contribution in [3.63, 3.8) is 0 Å². The number of nitro benzene ring substituents is 1. The van der Waals surface area contributed by atoms with Crippen molar-refractivity contribution < 1.29 is 9.72 Å². The molecule has 0 fully saturated rings. The van der Waals surface area contributed by atoms with Gasteiger partial charge in [-0.25, -0.2) is 0 Å². The van der Waals surface area contributed by atoms with Crippen LogP contribution in [-0.2, 0) is 0 Å². The predicted molar refractivity (Wildman–Crippen MR) is 83.6 cm³/mol. The van der Waals surface area contributed by atoms with E-state index < -0.39 is 4.92 Å². The molecular formula is C15H21ClN2O3. The van der Waals surface area contributed by atoms with E-state index in [1.165, 1.54) is 18.2 Å². The lowest BCUT2D eigenvalue weighted by Gasteiger charge is -2.25. The smallest absolute Gasteiger partial charge is 0.288 e. The maximum absolute atomic E-state index is 12.2. The fourth-order valence-electron chi connectivity index (χ4n) is 2.38. The number of hydrogen-bond acceptors (Lipinski definition) is 3. The van der Waals surface area contributed by atoms with Gasteiger partial charge in [0.15, 0.2) is 0 Å². The molecule has 0 aliphatic rings. The van der Waals surface area contributed by atoms with E-state index in [0.717, 1.165) is 0 Å². The van der Waals surface area contributed by atoms with E-state index in [2.05, 4.69) is 33.0 Å². The number of hydrogen-bond donors (Lipinski definition) is 1. The Morgan fingerprint density at radius 3 is 2.33 bits per heavy atom. The van der Waals surface area contributed by atoms with Crippen molar-refractivity contribution in [3.05, 3.63) is 38.9 Å². The molecule has 0 heterocycles. The fraction of sp³-hybridized carbons (Fsp3) is 0.533. The quantitative estimate of drug-likeness (QED) is 0.639. The van der Waals surface area contributed by atoms with Gasteiger partial charge in [0.05, 0.1) is 10.5 Å². The molecule has 0 saturated heterocycles. The third-order valence-electron chi connectivity index (χ3n) is 3.63. The SMILES string of the molecule is CC(C)C(CNC(=O)c1cccc([N+](=O)[O-])c1Cl)C(C)C. The van der Waals surface area contributed by atoms with Crippen LogP contribution in [0.2, 0.25) is 5.02 Å². The molecule has 0 bridgehead atoms. The summed E-state index contributed by atoms with van der Waals surface area (Å²) in [7, 11) is 0. The molecule has 21 heavy (non-hydrogen) atoms. The molecule has 5 nitrogen and oxygen atoms in total. The zero-order valence-electron chi connectivity index (χ0n) is 12.7. The average molecular weight is 313 g/mol. The molecule has 0 atom stereocenters. The Hall–Kier alpha value is -1.62. The van der Waals surface area contributed by atoms with Crippen LogP contribution < -0.4 is 5.32 Å². The van der Waals surface area contributed by atoms with Gasteiger partial charge in [-0.15, -0.1) is 0 Å². The van der Waals surface area contributed by atoms with Gasteiger partial charge in [-0.3, -0.25) is 14.9 Å². The molecule has 0 spiro atoms. The van der Waals surface area contributed by atoms with Gasteiger partial charge in [0.2, 0.25) is 0 Å². The number of amides is 1. The molecule has 0 aliphatic carbocycles. The van der Waals surface area contributed by atoms with Crippen molar-refractivity contribution in [2.45, 2.75) is 27.7 Å². The van der Waals surface area contributed by atoms with E-state index in [1.54, 1.807) is 0 Å². The van der Waals surface area contributed by atoms with E-state index in [-0.39, 0.29) is 22.2 Å². The number of rotatable bonds is 6. The molecule has 116 valence electrons. The van der Waals surface area contributed by atoms with E-state index >= 15 is 0 Å². The van der Waals surface area contributed by atoms with Crippen molar-refractivity contribution in [1.29, 1.82) is 0 Å². The summed E-state index contributed by atoms with van der Waals surface area (Å²) in [6.07, 6.45) is 0. The lowest BCUT2D eigenvalue weighted by atomic mass is 9.85. The third-order valence-corrected chi connectivity index (χ3v) is 4.03. The summed E-state index contributed by atoms with van der Waals surface area (Å²) in [5.74, 6) is 0.832. The minimum absolute atomic E-state index is 0.120. The molecule has 0 aromatic heterocycles. The Labute approximate surface area is 129 Å². The van der Waals surface area contributed by atoms with Crippen LogP contribution in [0.4, 0.5) is 5.69 Å². The third kappa shape index (κ3) is 4.43. The van der Waals surface area contributed by atoms with Crippen LogP contribution in [-0.4, -0.2) is 17.4 Å². The van der Waals surface area contributed by atoms with Gasteiger partial charge in [0, 0.05) is 12.6 Å². The van der Waals surface area contributed by atoms with Gasteiger partial charge in [-0.2, -0.15) is 0 Å². The zero-order valence-corrected chi connectivity index (χ0v) is 13.5. The van der Waals surface area contributed by atoms with Gasteiger partial charge >= 0.3 is 0 Å². The summed E-state index contributed by atoms with van der Waals surface area (Å²) >= 11 is 5.94. The lowest BCUT2D eigenvalue weighted by Crippen LogP contribution is -2.34. The Bertz CT molecular complexity index is 522. The number of nitrogens with zero attached hydrogens (tertiary/aromatic N) is 1. The van der Waals surface area contributed by atoms with E-state index in [4.69, 9.17) is 11.6 Å². The summed E-state index contributed by atoms with van der Waals surface area (Å²) in [4.78, 5) is 22.4. The van der Waals surface area contributed by atoms with Crippen molar-refractivity contribution in [3.8, 4) is 0 Å². The molecule has 0 radical (unpaired) electrons. The summed E-state index contributed by atoms with van der Waals surface area (Å²) in [6.45, 7) is 8.95. The van der Waals surface area contributed by atoms with Crippen LogP contribution in [0.15, 0.2) is 18.2 Å². The molecule has 0 aliphatic heterocycles. The second kappa shape index (κ2) is 7.41. The van der Waals surface area contributed by atoms with Crippen LogP contribution in [0.1, 0.15) is 38.1 Å². The predicted octanol–water partition coefficient (Wildman–Crippen LogP) is 3.91. The zero-order chi connectivity index (χ0) is 16.2. The number of nitro groups is 1. The highest BCUT2D eigenvalue weighted by Crippen LogP contribution is 2.28. The second-order valence-electron chi connectivity index (χ2n) is 5.76. The Morgan fingerprint density at radius 1 is 1.29 bits per heavy atom. The fourth-order valence-corrected chi connectivity index (χ4v) is 2.66. The topological polar surface area (TPSA) is 72.2 Å². The molecule has 1 aromatic carbocycles. The van der Waals surface area contributed by atoms with Crippen LogP contribution >= 0.6 is 11.6 Å². The van der Waals surface area contributed by atoms with Crippen molar-refractivity contribution in [1.82, 2.24) is 5.32 Å². The summed E-state index contributed by atoms with van der Waals surface area (Å²) in [5, 5.41) is 13.5. The normalized spacial score (nSPS) is 11.2. The molecule has 1 aromatic rings. The van der Waals surface area contributed by atoms with Crippen molar-refractivity contribution >= 4 is 23.2 Å². The molecule has 0 saturated carbocycles. The molecule has 1 N–H and O–H groups in total. The van der Waals surface area contributed by atoms with Gasteiger partial charge in [-0.05, 0) is 23.8 Å². The molecular weight excluding hydrogens is 292 g/mol. The maximum Gasteiger partial charge on any atom is 0.288 e. The van der Waals surface area contributed by atoms with Gasteiger partial charge in [0.1, 0.15) is 5.02 Å². The lowest BCUT2D eigenvalue weighted by molar-refractivity contribution is -0.384. The highest BCUT2D eigenvalue weighted by atomic mass is 35.5. The number of carbonyl (C=O) groups excluding carboxylic acids is 1. The van der Waals surface area contributed by atoms with E-state index in [1.807, 2.05) is 0 Å². The number of benzene rings is 1. The highest BCUT2D eigenvalue weighted by Gasteiger charge is 2.22. The number of carbonyl (C=O) groups is 1. The van der Waals surface area contributed by atoms with Crippen LogP contribution in [0.25, 0.3) is 0 Å². The number of nitrogens with one attached hydrogen (secondary N) is 1. The summed E-state index contributed by atoms with van der Waals surface area (Å²) < 4.78 is 0. The first-order valence-electron chi connectivity index (χ1n) is 6.96. The minimum atomic E-state index is -0.593. The van der Waals surface area contributed by atoms with E-state index in [0.29, 0.717) is 24.3 Å².